The summed E-state index contributed by atoms with van der Waals surface area (Å²) in [6.45, 7) is 6.52. The standard InChI is InChI=1S/C14H20N4O4/c1-3-6-17-12(20)13(21)18(14(17)22)8-11(19)16-10-7-15-5-4-9(10)2/h3,9-10,15H,1,4-8H2,2H3,(H,16,19). The van der Waals surface area contributed by atoms with Crippen LogP contribution in [0.1, 0.15) is 13.3 Å². The van der Waals surface area contributed by atoms with Gasteiger partial charge in [-0.2, -0.15) is 0 Å². The second kappa shape index (κ2) is 6.69. The smallest absolute Gasteiger partial charge is 0.335 e. The highest BCUT2D eigenvalue weighted by Crippen LogP contribution is 2.13. The molecule has 0 bridgehead atoms. The van der Waals surface area contributed by atoms with Gasteiger partial charge in [0.2, 0.25) is 5.91 Å². The lowest BCUT2D eigenvalue weighted by molar-refractivity contribution is -0.143. The molecule has 5 amide bonds. The molecule has 2 N–H and O–H groups in total. The third kappa shape index (κ3) is 3.16. The van der Waals surface area contributed by atoms with Crippen LogP contribution < -0.4 is 10.6 Å². The number of imide groups is 2. The summed E-state index contributed by atoms with van der Waals surface area (Å²) < 4.78 is 0. The van der Waals surface area contributed by atoms with Gasteiger partial charge in [-0.15, -0.1) is 6.58 Å². The molecule has 2 aliphatic rings. The first kappa shape index (κ1) is 16.2. The van der Waals surface area contributed by atoms with Crippen molar-refractivity contribution in [2.45, 2.75) is 19.4 Å². The highest BCUT2D eigenvalue weighted by Gasteiger charge is 2.44. The Labute approximate surface area is 128 Å². The quantitative estimate of drug-likeness (QED) is 0.389. The minimum atomic E-state index is -0.975. The van der Waals surface area contributed by atoms with Crippen LogP contribution in [0.5, 0.6) is 0 Å². The third-order valence-corrected chi connectivity index (χ3v) is 3.92. The third-order valence-electron chi connectivity index (χ3n) is 3.92. The molecule has 8 heteroatoms. The zero-order valence-corrected chi connectivity index (χ0v) is 12.5. The van der Waals surface area contributed by atoms with E-state index in [1.807, 2.05) is 6.92 Å². The Morgan fingerprint density at radius 1 is 1.36 bits per heavy atom. The van der Waals surface area contributed by atoms with Crippen LogP contribution in [-0.4, -0.2) is 65.8 Å². The van der Waals surface area contributed by atoms with Crippen molar-refractivity contribution in [3.05, 3.63) is 12.7 Å². The number of carbonyl (C=O) groups is 4. The van der Waals surface area contributed by atoms with E-state index < -0.39 is 30.3 Å². The first-order valence-electron chi connectivity index (χ1n) is 7.24. The Morgan fingerprint density at radius 3 is 2.68 bits per heavy atom. The predicted molar refractivity (Wildman–Crippen MR) is 77.6 cm³/mol. The molecular weight excluding hydrogens is 288 g/mol. The van der Waals surface area contributed by atoms with Gasteiger partial charge in [-0.3, -0.25) is 19.3 Å². The monoisotopic (exact) mass is 308 g/mol. The van der Waals surface area contributed by atoms with Gasteiger partial charge in [0.1, 0.15) is 6.54 Å². The lowest BCUT2D eigenvalue weighted by Crippen LogP contribution is -2.52. The number of carbonyl (C=O) groups excluding carboxylic acids is 4. The number of nitrogens with zero attached hydrogens (tertiary/aromatic N) is 2. The summed E-state index contributed by atoms with van der Waals surface area (Å²) in [6.07, 6.45) is 2.29. The molecule has 2 fully saturated rings. The fraction of sp³-hybridized carbons (Fsp3) is 0.571. The molecule has 22 heavy (non-hydrogen) atoms. The van der Waals surface area contributed by atoms with E-state index in [1.165, 1.54) is 6.08 Å². The van der Waals surface area contributed by atoms with Crippen LogP contribution in [0, 0.1) is 5.92 Å². The number of nitrogens with one attached hydrogen (secondary N) is 2. The molecule has 0 aromatic carbocycles. The topological polar surface area (TPSA) is 98.8 Å². The van der Waals surface area contributed by atoms with E-state index in [0.717, 1.165) is 17.9 Å². The van der Waals surface area contributed by atoms with E-state index in [4.69, 9.17) is 0 Å². The number of rotatable bonds is 5. The van der Waals surface area contributed by atoms with Crippen molar-refractivity contribution in [2.24, 2.45) is 5.92 Å². The van der Waals surface area contributed by atoms with Gasteiger partial charge in [0.25, 0.3) is 0 Å². The molecule has 2 saturated heterocycles. The number of piperidine rings is 1. The Hall–Kier alpha value is -2.22. The van der Waals surface area contributed by atoms with E-state index >= 15 is 0 Å². The van der Waals surface area contributed by atoms with Gasteiger partial charge >= 0.3 is 17.8 Å². The van der Waals surface area contributed by atoms with Gasteiger partial charge in [0, 0.05) is 19.1 Å². The first-order valence-corrected chi connectivity index (χ1v) is 7.24. The number of hydrogen-bond donors (Lipinski definition) is 2. The van der Waals surface area contributed by atoms with Crippen molar-refractivity contribution in [3.63, 3.8) is 0 Å². The molecular formula is C14H20N4O4. The van der Waals surface area contributed by atoms with Crippen LogP contribution in [0.4, 0.5) is 4.79 Å². The molecule has 2 aliphatic heterocycles. The second-order valence-corrected chi connectivity index (χ2v) is 5.52. The summed E-state index contributed by atoms with van der Waals surface area (Å²) in [4.78, 5) is 48.9. The number of urea groups is 1. The summed E-state index contributed by atoms with van der Waals surface area (Å²) in [5, 5.41) is 5.98. The van der Waals surface area contributed by atoms with Crippen molar-refractivity contribution < 1.29 is 19.2 Å². The van der Waals surface area contributed by atoms with Gasteiger partial charge in [0.15, 0.2) is 0 Å². The lowest BCUT2D eigenvalue weighted by Gasteiger charge is -2.30. The molecule has 0 aromatic rings. The normalized spacial score (nSPS) is 25.6. The van der Waals surface area contributed by atoms with Gasteiger partial charge in [-0.05, 0) is 18.9 Å². The van der Waals surface area contributed by atoms with Crippen LogP contribution >= 0.6 is 0 Å². The zero-order valence-electron chi connectivity index (χ0n) is 12.5. The Bertz CT molecular complexity index is 519. The molecule has 120 valence electrons. The summed E-state index contributed by atoms with van der Waals surface area (Å²) in [6, 6.07) is -0.825. The van der Waals surface area contributed by atoms with E-state index in [9.17, 15) is 19.2 Å². The Kier molecular flexibility index (Phi) is 4.92. The number of amides is 5. The molecule has 0 spiro atoms. The molecule has 0 aliphatic carbocycles. The summed E-state index contributed by atoms with van der Waals surface area (Å²) >= 11 is 0. The minimum Gasteiger partial charge on any atom is -0.350 e. The Balaban J connectivity index is 1.96. The predicted octanol–water partition coefficient (Wildman–Crippen LogP) is -0.923. The van der Waals surface area contributed by atoms with Gasteiger partial charge in [-0.25, -0.2) is 9.69 Å². The largest absolute Gasteiger partial charge is 0.350 e. The summed E-state index contributed by atoms with van der Waals surface area (Å²) in [5.74, 6) is -2.04. The maximum Gasteiger partial charge on any atom is 0.335 e. The highest BCUT2D eigenvalue weighted by molar-refractivity contribution is 6.45. The van der Waals surface area contributed by atoms with Crippen molar-refractivity contribution >= 4 is 23.8 Å². The molecule has 2 atom stereocenters. The molecule has 0 radical (unpaired) electrons. The minimum absolute atomic E-state index is 0.0472. The molecule has 8 nitrogen and oxygen atoms in total. The average Bonchev–Trinajstić information content (AvgIpc) is 2.68. The van der Waals surface area contributed by atoms with Gasteiger partial charge in [-0.1, -0.05) is 13.0 Å². The Morgan fingerprint density at radius 2 is 2.05 bits per heavy atom. The van der Waals surface area contributed by atoms with E-state index in [0.29, 0.717) is 17.4 Å². The van der Waals surface area contributed by atoms with Crippen LogP contribution in [0.25, 0.3) is 0 Å². The maximum atomic E-state index is 12.0. The summed E-state index contributed by atoms with van der Waals surface area (Å²) in [7, 11) is 0. The van der Waals surface area contributed by atoms with Gasteiger partial charge in [0.05, 0.1) is 0 Å². The lowest BCUT2D eigenvalue weighted by atomic mass is 9.95. The van der Waals surface area contributed by atoms with E-state index in [2.05, 4.69) is 17.2 Å². The maximum absolute atomic E-state index is 12.0. The molecule has 2 rings (SSSR count). The number of hydrogen-bond acceptors (Lipinski definition) is 5. The molecule has 2 unspecified atom stereocenters. The van der Waals surface area contributed by atoms with Crippen molar-refractivity contribution in [3.8, 4) is 0 Å². The zero-order chi connectivity index (χ0) is 16.3. The molecule has 0 aromatic heterocycles. The van der Waals surface area contributed by atoms with Crippen LogP contribution in [0.3, 0.4) is 0 Å². The summed E-state index contributed by atoms with van der Waals surface area (Å²) in [5.41, 5.74) is 0. The van der Waals surface area contributed by atoms with Crippen molar-refractivity contribution in [2.75, 3.05) is 26.2 Å². The van der Waals surface area contributed by atoms with Crippen LogP contribution in [-0.2, 0) is 14.4 Å². The van der Waals surface area contributed by atoms with Crippen molar-refractivity contribution in [1.29, 1.82) is 0 Å². The van der Waals surface area contributed by atoms with Crippen LogP contribution in [0.15, 0.2) is 12.7 Å². The molecule has 2 heterocycles. The fourth-order valence-electron chi connectivity index (χ4n) is 2.56. The van der Waals surface area contributed by atoms with E-state index in [1.54, 1.807) is 0 Å². The second-order valence-electron chi connectivity index (χ2n) is 5.52. The van der Waals surface area contributed by atoms with Crippen LogP contribution in [0.2, 0.25) is 0 Å². The first-order chi connectivity index (χ1) is 10.5. The highest BCUT2D eigenvalue weighted by atomic mass is 16.2. The fourth-order valence-corrected chi connectivity index (χ4v) is 2.56. The molecule has 0 saturated carbocycles. The van der Waals surface area contributed by atoms with Crippen molar-refractivity contribution in [1.82, 2.24) is 20.4 Å². The average molecular weight is 308 g/mol. The van der Waals surface area contributed by atoms with E-state index in [-0.39, 0.29) is 12.6 Å². The SMILES string of the molecule is C=CCN1C(=O)C(=O)N(CC(=O)NC2CNCCC2C)C1=O. The van der Waals surface area contributed by atoms with Gasteiger partial charge < -0.3 is 10.6 Å².